The van der Waals surface area contributed by atoms with Gasteiger partial charge in [-0.2, -0.15) is 0 Å². The van der Waals surface area contributed by atoms with E-state index in [1.807, 2.05) is 30.3 Å². The van der Waals surface area contributed by atoms with Crippen LogP contribution in [0.3, 0.4) is 0 Å². The summed E-state index contributed by atoms with van der Waals surface area (Å²) in [6.45, 7) is 0.579. The van der Waals surface area contributed by atoms with Crippen LogP contribution < -0.4 is 10.9 Å². The lowest BCUT2D eigenvalue weighted by Gasteiger charge is -2.13. The predicted molar refractivity (Wildman–Crippen MR) is 103 cm³/mol. The van der Waals surface area contributed by atoms with E-state index in [9.17, 15) is 9.18 Å². The third-order valence-electron chi connectivity index (χ3n) is 4.34. The van der Waals surface area contributed by atoms with Crippen molar-refractivity contribution in [2.24, 2.45) is 0 Å². The summed E-state index contributed by atoms with van der Waals surface area (Å²) in [5.74, 6) is -0.132. The van der Waals surface area contributed by atoms with Crippen LogP contribution in [-0.2, 0) is 13.1 Å². The first-order chi connectivity index (χ1) is 13.2. The Morgan fingerprint density at radius 3 is 2.59 bits per heavy atom. The molecule has 0 bridgehead atoms. The van der Waals surface area contributed by atoms with Gasteiger partial charge in [0.15, 0.2) is 5.82 Å². The molecular formula is C21H17FN4O. The van der Waals surface area contributed by atoms with Crippen molar-refractivity contribution in [2.75, 3.05) is 5.32 Å². The first-order valence-corrected chi connectivity index (χ1v) is 8.58. The van der Waals surface area contributed by atoms with Gasteiger partial charge in [-0.3, -0.25) is 14.3 Å². The van der Waals surface area contributed by atoms with Gasteiger partial charge in [0.2, 0.25) is 0 Å². The fourth-order valence-electron chi connectivity index (χ4n) is 2.95. The van der Waals surface area contributed by atoms with Crippen LogP contribution in [0.15, 0.2) is 77.9 Å². The van der Waals surface area contributed by atoms with Crippen molar-refractivity contribution in [3.05, 3.63) is 100 Å². The van der Waals surface area contributed by atoms with Crippen LogP contribution in [0.1, 0.15) is 11.1 Å². The second kappa shape index (κ2) is 7.37. The van der Waals surface area contributed by atoms with Crippen molar-refractivity contribution in [3.63, 3.8) is 0 Å². The lowest BCUT2D eigenvalue weighted by Crippen LogP contribution is -2.26. The second-order valence-electron chi connectivity index (χ2n) is 6.15. The predicted octanol–water partition coefficient (Wildman–Crippen LogP) is 3.59. The molecule has 0 fully saturated rings. The number of hydrogen-bond acceptors (Lipinski definition) is 4. The maximum absolute atomic E-state index is 13.9. The van der Waals surface area contributed by atoms with Gasteiger partial charge < -0.3 is 5.32 Å². The van der Waals surface area contributed by atoms with Gasteiger partial charge in [-0.25, -0.2) is 9.37 Å². The number of rotatable bonds is 5. The molecule has 2 aromatic carbocycles. The summed E-state index contributed by atoms with van der Waals surface area (Å²) in [7, 11) is 0. The minimum absolute atomic E-state index is 0.177. The van der Waals surface area contributed by atoms with Crippen molar-refractivity contribution in [3.8, 4) is 0 Å². The number of pyridine rings is 1. The summed E-state index contributed by atoms with van der Waals surface area (Å²) in [4.78, 5) is 21.5. The van der Waals surface area contributed by atoms with Gasteiger partial charge in [-0.15, -0.1) is 0 Å². The molecule has 2 aromatic heterocycles. The molecule has 6 heteroatoms. The zero-order chi connectivity index (χ0) is 18.6. The third-order valence-corrected chi connectivity index (χ3v) is 4.34. The zero-order valence-corrected chi connectivity index (χ0v) is 14.5. The Morgan fingerprint density at radius 2 is 1.78 bits per heavy atom. The zero-order valence-electron chi connectivity index (χ0n) is 14.5. The van der Waals surface area contributed by atoms with Crippen molar-refractivity contribution in [2.45, 2.75) is 13.1 Å². The summed E-state index contributed by atoms with van der Waals surface area (Å²) < 4.78 is 15.5. The molecule has 0 aliphatic carbocycles. The van der Waals surface area contributed by atoms with E-state index in [1.54, 1.807) is 41.2 Å². The number of benzene rings is 2. The summed E-state index contributed by atoms with van der Waals surface area (Å²) in [6, 6.07) is 17.9. The van der Waals surface area contributed by atoms with E-state index >= 15 is 0 Å². The molecule has 0 unspecified atom stereocenters. The summed E-state index contributed by atoms with van der Waals surface area (Å²) in [6.07, 6.45) is 3.26. The average Bonchev–Trinajstić information content (AvgIpc) is 2.71. The molecule has 27 heavy (non-hydrogen) atoms. The van der Waals surface area contributed by atoms with Crippen molar-refractivity contribution in [1.29, 1.82) is 0 Å². The number of anilines is 1. The van der Waals surface area contributed by atoms with Crippen molar-refractivity contribution >= 4 is 16.9 Å². The van der Waals surface area contributed by atoms with Crippen LogP contribution in [0.25, 0.3) is 11.0 Å². The van der Waals surface area contributed by atoms with Crippen molar-refractivity contribution < 1.29 is 4.39 Å². The first kappa shape index (κ1) is 16.9. The number of halogens is 1. The highest BCUT2D eigenvalue weighted by atomic mass is 19.1. The van der Waals surface area contributed by atoms with E-state index in [0.717, 1.165) is 5.56 Å². The van der Waals surface area contributed by atoms with E-state index in [2.05, 4.69) is 15.3 Å². The Morgan fingerprint density at radius 1 is 1.00 bits per heavy atom. The Balaban J connectivity index is 1.74. The van der Waals surface area contributed by atoms with Crippen LogP contribution in [0.2, 0.25) is 0 Å². The highest BCUT2D eigenvalue weighted by Crippen LogP contribution is 2.14. The molecule has 5 nitrogen and oxygen atoms in total. The summed E-state index contributed by atoms with van der Waals surface area (Å²) >= 11 is 0. The number of nitrogens with one attached hydrogen (secondary N) is 1. The molecule has 0 aliphatic rings. The van der Waals surface area contributed by atoms with E-state index in [1.165, 1.54) is 6.07 Å². The van der Waals surface area contributed by atoms with Gasteiger partial charge in [0.1, 0.15) is 5.82 Å². The third kappa shape index (κ3) is 3.55. The summed E-state index contributed by atoms with van der Waals surface area (Å²) in [5, 5.41) is 2.98. The smallest absolute Gasteiger partial charge is 0.294 e. The quantitative estimate of drug-likeness (QED) is 0.591. The van der Waals surface area contributed by atoms with Gasteiger partial charge >= 0.3 is 0 Å². The Hall–Kier alpha value is -3.54. The van der Waals surface area contributed by atoms with E-state index in [-0.39, 0.29) is 23.7 Å². The molecule has 0 amide bonds. The van der Waals surface area contributed by atoms with Gasteiger partial charge in [-0.1, -0.05) is 48.5 Å². The average molecular weight is 360 g/mol. The highest BCUT2D eigenvalue weighted by Gasteiger charge is 2.12. The van der Waals surface area contributed by atoms with E-state index < -0.39 is 0 Å². The van der Waals surface area contributed by atoms with Crippen LogP contribution in [0.4, 0.5) is 10.2 Å². The van der Waals surface area contributed by atoms with Gasteiger partial charge in [0.05, 0.1) is 23.8 Å². The van der Waals surface area contributed by atoms with Gasteiger partial charge in [0.25, 0.3) is 5.56 Å². The minimum Gasteiger partial charge on any atom is -0.361 e. The molecule has 134 valence electrons. The number of hydrogen-bond donors (Lipinski definition) is 1. The first-order valence-electron chi connectivity index (χ1n) is 8.58. The molecule has 0 saturated carbocycles. The lowest BCUT2D eigenvalue weighted by molar-refractivity contribution is 0.612. The van der Waals surface area contributed by atoms with Crippen LogP contribution in [0.5, 0.6) is 0 Å². The molecular weight excluding hydrogens is 343 g/mol. The Kier molecular flexibility index (Phi) is 4.61. The lowest BCUT2D eigenvalue weighted by atomic mass is 10.2. The second-order valence-corrected chi connectivity index (χ2v) is 6.15. The van der Waals surface area contributed by atoms with Gasteiger partial charge in [0, 0.05) is 18.3 Å². The topological polar surface area (TPSA) is 59.8 Å². The van der Waals surface area contributed by atoms with Gasteiger partial charge in [-0.05, 0) is 17.7 Å². The largest absolute Gasteiger partial charge is 0.361 e. The molecule has 1 N–H and O–H groups in total. The fraction of sp³-hybridized carbons (Fsp3) is 0.0952. The molecule has 4 rings (SSSR count). The number of nitrogens with zero attached hydrogens (tertiary/aromatic N) is 3. The fourth-order valence-corrected chi connectivity index (χ4v) is 2.95. The Labute approximate surface area is 155 Å². The summed E-state index contributed by atoms with van der Waals surface area (Å²) in [5.41, 5.74) is 2.51. The normalized spacial score (nSPS) is 10.9. The molecule has 0 aliphatic heterocycles. The number of fused-ring (bicyclic) bond motifs is 1. The highest BCUT2D eigenvalue weighted by molar-refractivity contribution is 5.75. The standard InChI is InChI=1S/C21H17FN4O/c22-17-9-5-4-8-16(17)12-24-20-21(27)26(14-15-6-2-1-3-7-15)19-13-23-11-10-18(19)25-20/h1-11,13H,12,14H2,(H,24,25). The monoisotopic (exact) mass is 360 g/mol. The maximum atomic E-state index is 13.9. The molecule has 2 heterocycles. The van der Waals surface area contributed by atoms with Crippen LogP contribution in [0, 0.1) is 5.82 Å². The van der Waals surface area contributed by atoms with Crippen molar-refractivity contribution in [1.82, 2.24) is 14.5 Å². The molecule has 0 radical (unpaired) electrons. The van der Waals surface area contributed by atoms with E-state index in [4.69, 9.17) is 0 Å². The van der Waals surface area contributed by atoms with Crippen LogP contribution >= 0.6 is 0 Å². The molecule has 4 aromatic rings. The van der Waals surface area contributed by atoms with Crippen LogP contribution in [-0.4, -0.2) is 14.5 Å². The Bertz CT molecular complexity index is 1140. The molecule has 0 saturated heterocycles. The number of aromatic nitrogens is 3. The SMILES string of the molecule is O=c1c(NCc2ccccc2F)nc2ccncc2n1Cc1ccccc1. The minimum atomic E-state index is -0.320. The maximum Gasteiger partial charge on any atom is 0.294 e. The molecule has 0 atom stereocenters. The molecule has 0 spiro atoms. The van der Waals surface area contributed by atoms with E-state index in [0.29, 0.717) is 23.1 Å².